The van der Waals surface area contributed by atoms with Gasteiger partial charge in [0.2, 0.25) is 0 Å². The third-order valence-corrected chi connectivity index (χ3v) is 3.03. The topological polar surface area (TPSA) is 24.1 Å². The molecule has 0 saturated carbocycles. The first kappa shape index (κ1) is 10.7. The largest absolute Gasteiger partial charge is 0.314 e. The molecule has 2 rings (SSSR count). The van der Waals surface area contributed by atoms with E-state index < -0.39 is 0 Å². The number of hydrogen-bond donors (Lipinski definition) is 2. The Balaban J connectivity index is 2.25. The quantitative estimate of drug-likeness (QED) is 0.770. The molecule has 0 bridgehead atoms. The van der Waals surface area contributed by atoms with Gasteiger partial charge in [0, 0.05) is 25.7 Å². The lowest BCUT2D eigenvalue weighted by molar-refractivity contribution is 0.427. The fourth-order valence-electron chi connectivity index (χ4n) is 2.23. The van der Waals surface area contributed by atoms with E-state index in [1.165, 1.54) is 11.1 Å². The van der Waals surface area contributed by atoms with Crippen LogP contribution in [0, 0.1) is 0 Å². The molecule has 0 radical (unpaired) electrons. The average Bonchev–Trinajstić information content (AvgIpc) is 2.30. The van der Waals surface area contributed by atoms with Crippen molar-refractivity contribution in [1.29, 1.82) is 0 Å². The van der Waals surface area contributed by atoms with Crippen molar-refractivity contribution in [2.24, 2.45) is 0 Å². The van der Waals surface area contributed by atoms with Crippen LogP contribution in [0.1, 0.15) is 36.9 Å². The van der Waals surface area contributed by atoms with E-state index in [-0.39, 0.29) is 0 Å². The summed E-state index contributed by atoms with van der Waals surface area (Å²) in [5.74, 6) is 0.602. The molecule has 2 nitrogen and oxygen atoms in total. The molecular weight excluding hydrogens is 184 g/mol. The van der Waals surface area contributed by atoms with E-state index in [1.807, 2.05) is 0 Å². The van der Waals surface area contributed by atoms with Crippen molar-refractivity contribution >= 4 is 0 Å². The van der Waals surface area contributed by atoms with Crippen LogP contribution in [0.15, 0.2) is 24.3 Å². The molecule has 82 valence electrons. The standard InChI is InChI=1S/C13H20N2/c1-10(2)11-5-3-4-6-12(11)13-9-14-7-8-15-13/h3-6,10,13-15H,7-9H2,1-2H3. The molecule has 0 spiro atoms. The Morgan fingerprint density at radius 2 is 2.00 bits per heavy atom. The van der Waals surface area contributed by atoms with Crippen LogP contribution in [0.25, 0.3) is 0 Å². The zero-order chi connectivity index (χ0) is 10.7. The third-order valence-electron chi connectivity index (χ3n) is 3.03. The molecule has 1 fully saturated rings. The summed E-state index contributed by atoms with van der Waals surface area (Å²) in [6.07, 6.45) is 0. The second kappa shape index (κ2) is 4.77. The van der Waals surface area contributed by atoms with Crippen molar-refractivity contribution < 1.29 is 0 Å². The Hall–Kier alpha value is -0.860. The van der Waals surface area contributed by atoms with Crippen LogP contribution in [0.4, 0.5) is 0 Å². The summed E-state index contributed by atoms with van der Waals surface area (Å²) in [5.41, 5.74) is 2.93. The van der Waals surface area contributed by atoms with Crippen molar-refractivity contribution in [2.45, 2.75) is 25.8 Å². The smallest absolute Gasteiger partial charge is 0.0450 e. The fraction of sp³-hybridized carbons (Fsp3) is 0.538. The van der Waals surface area contributed by atoms with Gasteiger partial charge in [0.05, 0.1) is 0 Å². The highest BCUT2D eigenvalue weighted by molar-refractivity contribution is 5.32. The lowest BCUT2D eigenvalue weighted by Gasteiger charge is -2.27. The molecule has 1 aliphatic heterocycles. The molecule has 1 atom stereocenters. The molecule has 0 aliphatic carbocycles. The molecule has 1 saturated heterocycles. The number of hydrogen-bond acceptors (Lipinski definition) is 2. The van der Waals surface area contributed by atoms with E-state index in [4.69, 9.17) is 0 Å². The predicted octanol–water partition coefficient (Wildman–Crippen LogP) is 2.04. The summed E-state index contributed by atoms with van der Waals surface area (Å²) in [4.78, 5) is 0. The molecule has 2 heteroatoms. The summed E-state index contributed by atoms with van der Waals surface area (Å²) in [6, 6.07) is 9.25. The second-order valence-corrected chi connectivity index (χ2v) is 4.49. The van der Waals surface area contributed by atoms with Gasteiger partial charge in [0.25, 0.3) is 0 Å². The van der Waals surface area contributed by atoms with Gasteiger partial charge < -0.3 is 10.6 Å². The van der Waals surface area contributed by atoms with Crippen LogP contribution in [-0.2, 0) is 0 Å². The SMILES string of the molecule is CC(C)c1ccccc1C1CNCCN1. The summed E-state index contributed by atoms with van der Waals surface area (Å²) in [7, 11) is 0. The van der Waals surface area contributed by atoms with Gasteiger partial charge >= 0.3 is 0 Å². The first-order valence-corrected chi connectivity index (χ1v) is 5.82. The first-order valence-electron chi connectivity index (χ1n) is 5.82. The van der Waals surface area contributed by atoms with Gasteiger partial charge in [-0.05, 0) is 17.0 Å². The zero-order valence-electron chi connectivity index (χ0n) is 9.59. The molecule has 0 amide bonds. The molecule has 15 heavy (non-hydrogen) atoms. The van der Waals surface area contributed by atoms with E-state index in [0.717, 1.165) is 19.6 Å². The first-order chi connectivity index (χ1) is 7.29. The van der Waals surface area contributed by atoms with E-state index in [2.05, 4.69) is 48.7 Å². The number of benzene rings is 1. The Morgan fingerprint density at radius 1 is 1.20 bits per heavy atom. The third kappa shape index (κ3) is 2.39. The van der Waals surface area contributed by atoms with Crippen LogP contribution in [-0.4, -0.2) is 19.6 Å². The van der Waals surface area contributed by atoms with Gasteiger partial charge in [0.1, 0.15) is 0 Å². The number of rotatable bonds is 2. The van der Waals surface area contributed by atoms with Crippen LogP contribution in [0.5, 0.6) is 0 Å². The van der Waals surface area contributed by atoms with E-state index in [0.29, 0.717) is 12.0 Å². The van der Waals surface area contributed by atoms with Crippen molar-refractivity contribution in [2.75, 3.05) is 19.6 Å². The Morgan fingerprint density at radius 3 is 2.67 bits per heavy atom. The maximum Gasteiger partial charge on any atom is 0.0450 e. The summed E-state index contributed by atoms with van der Waals surface area (Å²) >= 11 is 0. The average molecular weight is 204 g/mol. The summed E-state index contributed by atoms with van der Waals surface area (Å²) in [5, 5.41) is 7.01. The lowest BCUT2D eigenvalue weighted by Crippen LogP contribution is -2.43. The Bertz CT molecular complexity index is 314. The molecule has 1 aliphatic rings. The van der Waals surface area contributed by atoms with E-state index in [9.17, 15) is 0 Å². The molecule has 1 unspecified atom stereocenters. The highest BCUT2D eigenvalue weighted by atomic mass is 15.1. The Kier molecular flexibility index (Phi) is 3.39. The fourth-order valence-corrected chi connectivity index (χ4v) is 2.23. The summed E-state index contributed by atoms with van der Waals surface area (Å²) in [6.45, 7) is 7.71. The molecule has 2 N–H and O–H groups in total. The number of piperazine rings is 1. The van der Waals surface area contributed by atoms with E-state index in [1.54, 1.807) is 0 Å². The molecular formula is C13H20N2. The van der Waals surface area contributed by atoms with Gasteiger partial charge in [-0.25, -0.2) is 0 Å². The summed E-state index contributed by atoms with van der Waals surface area (Å²) < 4.78 is 0. The highest BCUT2D eigenvalue weighted by Gasteiger charge is 2.17. The minimum atomic E-state index is 0.484. The molecule has 1 aromatic rings. The van der Waals surface area contributed by atoms with Crippen molar-refractivity contribution in [3.8, 4) is 0 Å². The molecule has 0 aromatic heterocycles. The zero-order valence-corrected chi connectivity index (χ0v) is 9.59. The van der Waals surface area contributed by atoms with Gasteiger partial charge in [-0.15, -0.1) is 0 Å². The molecule has 1 aromatic carbocycles. The highest BCUT2D eigenvalue weighted by Crippen LogP contribution is 2.24. The van der Waals surface area contributed by atoms with Gasteiger partial charge in [0.15, 0.2) is 0 Å². The maximum absolute atomic E-state index is 3.57. The second-order valence-electron chi connectivity index (χ2n) is 4.49. The monoisotopic (exact) mass is 204 g/mol. The van der Waals surface area contributed by atoms with Crippen molar-refractivity contribution in [3.63, 3.8) is 0 Å². The van der Waals surface area contributed by atoms with Crippen LogP contribution in [0.3, 0.4) is 0 Å². The Labute approximate surface area is 92.1 Å². The van der Waals surface area contributed by atoms with Gasteiger partial charge in [-0.2, -0.15) is 0 Å². The maximum atomic E-state index is 3.57. The van der Waals surface area contributed by atoms with Crippen molar-refractivity contribution in [1.82, 2.24) is 10.6 Å². The van der Waals surface area contributed by atoms with Crippen LogP contribution < -0.4 is 10.6 Å². The van der Waals surface area contributed by atoms with Crippen LogP contribution in [0.2, 0.25) is 0 Å². The van der Waals surface area contributed by atoms with Gasteiger partial charge in [-0.3, -0.25) is 0 Å². The normalized spacial score (nSPS) is 21.9. The minimum Gasteiger partial charge on any atom is -0.314 e. The predicted molar refractivity (Wildman–Crippen MR) is 64.1 cm³/mol. The van der Waals surface area contributed by atoms with Crippen LogP contribution >= 0.6 is 0 Å². The lowest BCUT2D eigenvalue weighted by atomic mass is 9.92. The van der Waals surface area contributed by atoms with Crippen molar-refractivity contribution in [3.05, 3.63) is 35.4 Å². The minimum absolute atomic E-state index is 0.484. The molecule has 1 heterocycles. The van der Waals surface area contributed by atoms with E-state index >= 15 is 0 Å². The van der Waals surface area contributed by atoms with Gasteiger partial charge in [-0.1, -0.05) is 38.1 Å². The number of nitrogens with one attached hydrogen (secondary N) is 2.